The maximum atomic E-state index is 12.2. The van der Waals surface area contributed by atoms with Gasteiger partial charge in [0.05, 0.1) is 5.92 Å². The van der Waals surface area contributed by atoms with Crippen molar-refractivity contribution in [1.82, 2.24) is 4.90 Å². The molecule has 1 aliphatic rings. The highest BCUT2D eigenvalue weighted by Crippen LogP contribution is 2.21. The first-order chi connectivity index (χ1) is 9.02. The molecule has 0 saturated carbocycles. The second kappa shape index (κ2) is 5.47. The molecule has 1 aliphatic heterocycles. The molecule has 0 atom stereocenters. The third kappa shape index (κ3) is 2.80. The van der Waals surface area contributed by atoms with Crippen molar-refractivity contribution in [3.05, 3.63) is 23.2 Å². The number of hydrogen-bond donors (Lipinski definition) is 1. The molecule has 1 amide bonds. The van der Waals surface area contributed by atoms with Gasteiger partial charge in [-0.3, -0.25) is 9.59 Å². The number of likely N-dealkylation sites (tertiary alicyclic amines) is 1. The summed E-state index contributed by atoms with van der Waals surface area (Å²) in [5, 5.41) is 8.93. The minimum absolute atomic E-state index is 0.133. The number of nitrogens with zero attached hydrogens (tertiary/aromatic N) is 1. The number of piperidine rings is 1. The highest BCUT2D eigenvalue weighted by molar-refractivity contribution is 5.92. The Hall–Kier alpha value is -1.78. The van der Waals surface area contributed by atoms with E-state index >= 15 is 0 Å². The smallest absolute Gasteiger partial charge is 0.306 e. The first-order valence-corrected chi connectivity index (χ1v) is 6.64. The van der Waals surface area contributed by atoms with E-state index in [1.165, 1.54) is 0 Å². The van der Waals surface area contributed by atoms with Gasteiger partial charge in [0.2, 0.25) is 0 Å². The van der Waals surface area contributed by atoms with E-state index in [0.29, 0.717) is 31.7 Å². The van der Waals surface area contributed by atoms with Gasteiger partial charge in [-0.15, -0.1) is 0 Å². The molecule has 1 aromatic heterocycles. The summed E-state index contributed by atoms with van der Waals surface area (Å²) in [5.41, 5.74) is 0.992. The minimum atomic E-state index is -0.769. The van der Waals surface area contributed by atoms with Crippen LogP contribution in [0, 0.1) is 12.8 Å². The van der Waals surface area contributed by atoms with E-state index in [-0.39, 0.29) is 11.8 Å². The molecule has 5 heteroatoms. The Labute approximate surface area is 112 Å². The largest absolute Gasteiger partial charge is 0.481 e. The van der Waals surface area contributed by atoms with Crippen molar-refractivity contribution < 1.29 is 19.1 Å². The fraction of sp³-hybridized carbons (Fsp3) is 0.571. The molecule has 0 radical (unpaired) electrons. The number of rotatable bonds is 3. The molecule has 104 valence electrons. The highest BCUT2D eigenvalue weighted by atomic mass is 16.4. The maximum absolute atomic E-state index is 12.2. The van der Waals surface area contributed by atoms with E-state index in [2.05, 4.69) is 0 Å². The van der Waals surface area contributed by atoms with E-state index in [9.17, 15) is 9.59 Å². The van der Waals surface area contributed by atoms with E-state index < -0.39 is 5.97 Å². The van der Waals surface area contributed by atoms with Crippen LogP contribution in [-0.4, -0.2) is 35.0 Å². The number of aliphatic carboxylic acids is 1. The van der Waals surface area contributed by atoms with Crippen molar-refractivity contribution in [2.45, 2.75) is 33.1 Å². The van der Waals surface area contributed by atoms with Crippen molar-refractivity contribution in [3.63, 3.8) is 0 Å². The molecule has 2 heterocycles. The lowest BCUT2D eigenvalue weighted by Crippen LogP contribution is -2.40. The van der Waals surface area contributed by atoms with Crippen LogP contribution in [0.2, 0.25) is 0 Å². The van der Waals surface area contributed by atoms with Gasteiger partial charge in [-0.25, -0.2) is 0 Å². The number of carboxylic acid groups (broad SMARTS) is 1. The Balaban J connectivity index is 2.03. The van der Waals surface area contributed by atoms with Gasteiger partial charge in [-0.05, 0) is 31.4 Å². The average molecular weight is 265 g/mol. The average Bonchev–Trinajstić information content (AvgIpc) is 2.79. The van der Waals surface area contributed by atoms with Crippen LogP contribution in [0.25, 0.3) is 0 Å². The second-order valence-corrected chi connectivity index (χ2v) is 4.98. The summed E-state index contributed by atoms with van der Waals surface area (Å²) in [6, 6.07) is 1.77. The Bertz CT molecular complexity index is 484. The van der Waals surface area contributed by atoms with Gasteiger partial charge in [0, 0.05) is 19.5 Å². The number of amides is 1. The van der Waals surface area contributed by atoms with Crippen molar-refractivity contribution >= 4 is 11.9 Å². The molecule has 5 nitrogen and oxygen atoms in total. The normalized spacial score (nSPS) is 16.6. The van der Waals surface area contributed by atoms with Crippen molar-refractivity contribution in [1.29, 1.82) is 0 Å². The van der Waals surface area contributed by atoms with Gasteiger partial charge in [0.15, 0.2) is 5.76 Å². The molecule has 0 bridgehead atoms. The molecule has 1 fully saturated rings. The molecule has 1 aromatic rings. The molecule has 1 N–H and O–H groups in total. The predicted octanol–water partition coefficient (Wildman–Crippen LogP) is 2.09. The van der Waals surface area contributed by atoms with Gasteiger partial charge in [0.25, 0.3) is 5.91 Å². The summed E-state index contributed by atoms with van der Waals surface area (Å²) in [7, 11) is 0. The molecule has 19 heavy (non-hydrogen) atoms. The van der Waals surface area contributed by atoms with Gasteiger partial charge < -0.3 is 14.4 Å². The third-order valence-corrected chi connectivity index (χ3v) is 3.68. The monoisotopic (exact) mass is 265 g/mol. The molecule has 0 aliphatic carbocycles. The molecular formula is C14H19NO4. The molecule has 0 aromatic carbocycles. The minimum Gasteiger partial charge on any atom is -0.481 e. The summed E-state index contributed by atoms with van der Waals surface area (Å²) in [6.45, 7) is 4.88. The number of carboxylic acids is 1. The van der Waals surface area contributed by atoms with Crippen molar-refractivity contribution in [2.75, 3.05) is 13.1 Å². The molecule has 0 unspecified atom stereocenters. The number of hydrogen-bond acceptors (Lipinski definition) is 3. The van der Waals surface area contributed by atoms with Crippen LogP contribution in [0.3, 0.4) is 0 Å². The number of aryl methyl sites for hydroxylation is 2. The number of carbonyl (C=O) groups excluding carboxylic acids is 1. The topological polar surface area (TPSA) is 70.8 Å². The maximum Gasteiger partial charge on any atom is 0.306 e. The first kappa shape index (κ1) is 13.6. The zero-order chi connectivity index (χ0) is 14.0. The Morgan fingerprint density at radius 3 is 2.53 bits per heavy atom. The number of carbonyl (C=O) groups is 2. The fourth-order valence-electron chi connectivity index (χ4n) is 2.46. The standard InChI is InChI=1S/C14H19NO4/c1-3-11-9(2)8-12(19-11)13(16)15-6-4-10(5-7-15)14(17)18/h8,10H,3-7H2,1-2H3,(H,17,18). The number of furan rings is 1. The van der Waals surface area contributed by atoms with E-state index in [1.807, 2.05) is 13.8 Å². The van der Waals surface area contributed by atoms with Gasteiger partial charge in [-0.2, -0.15) is 0 Å². The van der Waals surface area contributed by atoms with Crippen LogP contribution < -0.4 is 0 Å². The zero-order valence-electron chi connectivity index (χ0n) is 11.3. The zero-order valence-corrected chi connectivity index (χ0v) is 11.3. The third-order valence-electron chi connectivity index (χ3n) is 3.68. The molecule has 1 saturated heterocycles. The Morgan fingerprint density at radius 2 is 2.05 bits per heavy atom. The molecule has 2 rings (SSSR count). The second-order valence-electron chi connectivity index (χ2n) is 4.98. The van der Waals surface area contributed by atoms with Crippen LogP contribution in [0.1, 0.15) is 41.6 Å². The lowest BCUT2D eigenvalue weighted by molar-refractivity contribution is -0.143. The predicted molar refractivity (Wildman–Crippen MR) is 69.1 cm³/mol. The molecular weight excluding hydrogens is 246 g/mol. The summed E-state index contributed by atoms with van der Waals surface area (Å²) in [6.07, 6.45) is 1.79. The fourth-order valence-corrected chi connectivity index (χ4v) is 2.46. The summed E-state index contributed by atoms with van der Waals surface area (Å²) in [5.74, 6) is -0.0265. The quantitative estimate of drug-likeness (QED) is 0.908. The van der Waals surface area contributed by atoms with Crippen LogP contribution in [-0.2, 0) is 11.2 Å². The highest BCUT2D eigenvalue weighted by Gasteiger charge is 2.28. The first-order valence-electron chi connectivity index (χ1n) is 6.64. The molecule has 0 spiro atoms. The summed E-state index contributed by atoms with van der Waals surface area (Å²) in [4.78, 5) is 24.8. The van der Waals surface area contributed by atoms with Crippen LogP contribution in [0.15, 0.2) is 10.5 Å². The lowest BCUT2D eigenvalue weighted by Gasteiger charge is -2.29. The Kier molecular flexibility index (Phi) is 3.93. The van der Waals surface area contributed by atoms with E-state index in [0.717, 1.165) is 17.7 Å². The van der Waals surface area contributed by atoms with Gasteiger partial charge in [0.1, 0.15) is 5.76 Å². The van der Waals surface area contributed by atoms with Gasteiger partial charge >= 0.3 is 5.97 Å². The van der Waals surface area contributed by atoms with E-state index in [1.54, 1.807) is 11.0 Å². The van der Waals surface area contributed by atoms with Crippen molar-refractivity contribution in [3.8, 4) is 0 Å². The van der Waals surface area contributed by atoms with Crippen LogP contribution in [0.5, 0.6) is 0 Å². The van der Waals surface area contributed by atoms with Crippen molar-refractivity contribution in [2.24, 2.45) is 5.92 Å². The van der Waals surface area contributed by atoms with Crippen LogP contribution >= 0.6 is 0 Å². The Morgan fingerprint density at radius 1 is 1.42 bits per heavy atom. The van der Waals surface area contributed by atoms with Gasteiger partial charge in [-0.1, -0.05) is 6.92 Å². The summed E-state index contributed by atoms with van der Waals surface area (Å²) >= 11 is 0. The lowest BCUT2D eigenvalue weighted by atomic mass is 9.97. The van der Waals surface area contributed by atoms with Crippen LogP contribution in [0.4, 0.5) is 0 Å². The SMILES string of the molecule is CCc1oc(C(=O)N2CCC(C(=O)O)CC2)cc1C. The van der Waals surface area contributed by atoms with E-state index in [4.69, 9.17) is 9.52 Å². The summed E-state index contributed by atoms with van der Waals surface area (Å²) < 4.78 is 5.55.